The van der Waals surface area contributed by atoms with Gasteiger partial charge in [-0.15, -0.1) is 0 Å². The van der Waals surface area contributed by atoms with Gasteiger partial charge in [0.15, 0.2) is 17.3 Å². The molecule has 3 rings (SSSR count). The highest BCUT2D eigenvalue weighted by atomic mass is 79.9. The molecule has 2 aliphatic rings. The van der Waals surface area contributed by atoms with Gasteiger partial charge in [0, 0.05) is 32.1 Å². The first-order valence-electron chi connectivity index (χ1n) is 7.07. The fraction of sp³-hybridized carbons (Fsp3) is 0.312. The van der Waals surface area contributed by atoms with Crippen LogP contribution in [-0.4, -0.2) is 32.3 Å². The van der Waals surface area contributed by atoms with Crippen LogP contribution in [0.2, 0.25) is 0 Å². The fourth-order valence-corrected chi connectivity index (χ4v) is 4.01. The number of hydrogen-bond donors (Lipinski definition) is 4. The van der Waals surface area contributed by atoms with Crippen molar-refractivity contribution in [3.8, 4) is 11.5 Å². The fourth-order valence-electron chi connectivity index (χ4n) is 2.61. The quantitative estimate of drug-likeness (QED) is 0.419. The van der Waals surface area contributed by atoms with E-state index in [1.807, 2.05) is 0 Å². The molecule has 0 bridgehead atoms. The van der Waals surface area contributed by atoms with Crippen LogP contribution < -0.4 is 0 Å². The molecule has 1 fully saturated rings. The first kappa shape index (κ1) is 16.5. The molecule has 5 nitrogen and oxygen atoms in total. The van der Waals surface area contributed by atoms with Crippen molar-refractivity contribution in [2.24, 2.45) is 0 Å². The summed E-state index contributed by atoms with van der Waals surface area (Å²) in [5.41, 5.74) is 0.948. The Bertz CT molecular complexity index is 762. The van der Waals surface area contributed by atoms with E-state index in [-0.39, 0.29) is 40.7 Å². The smallest absolute Gasteiger partial charge is 0.195 e. The Morgan fingerprint density at radius 3 is 2.43 bits per heavy atom. The summed E-state index contributed by atoms with van der Waals surface area (Å²) in [4.78, 5) is 12.8. The second-order valence-corrected chi connectivity index (χ2v) is 7.48. The van der Waals surface area contributed by atoms with E-state index in [4.69, 9.17) is 0 Å². The van der Waals surface area contributed by atoms with Gasteiger partial charge in [-0.1, -0.05) is 15.9 Å². The van der Waals surface area contributed by atoms with Crippen molar-refractivity contribution in [3.05, 3.63) is 43.6 Å². The molecule has 0 saturated heterocycles. The van der Waals surface area contributed by atoms with Crippen LogP contribution in [-0.2, 0) is 0 Å². The predicted octanol–water partition coefficient (Wildman–Crippen LogP) is 3.78. The average molecular weight is 446 g/mol. The Labute approximate surface area is 149 Å². The normalized spacial score (nSPS) is 21.3. The highest BCUT2D eigenvalue weighted by Crippen LogP contribution is 2.51. The van der Waals surface area contributed by atoms with Crippen molar-refractivity contribution < 1.29 is 25.2 Å². The van der Waals surface area contributed by atoms with Crippen molar-refractivity contribution in [1.29, 1.82) is 0 Å². The first-order valence-corrected chi connectivity index (χ1v) is 8.66. The van der Waals surface area contributed by atoms with Crippen molar-refractivity contribution >= 4 is 37.6 Å². The molecule has 2 aliphatic carbocycles. The predicted molar refractivity (Wildman–Crippen MR) is 91.1 cm³/mol. The number of phenols is 2. The number of Topliss-reactive ketones (excluding diaryl/α,β-unsaturated/α-hetero) is 1. The minimum Gasteiger partial charge on any atom is -0.510 e. The van der Waals surface area contributed by atoms with Gasteiger partial charge < -0.3 is 20.4 Å². The number of aliphatic hydroxyl groups excluding tert-OH is 2. The molecule has 1 atom stereocenters. The molecular weight excluding hydrogens is 432 g/mol. The summed E-state index contributed by atoms with van der Waals surface area (Å²) in [5, 5.41) is 39.3. The largest absolute Gasteiger partial charge is 0.510 e. The number of carbonyl (C=O) groups is 1. The molecule has 1 unspecified atom stereocenters. The summed E-state index contributed by atoms with van der Waals surface area (Å²) in [5.74, 6) is -1.13. The molecule has 122 valence electrons. The number of aromatic hydroxyl groups is 2. The van der Waals surface area contributed by atoms with Gasteiger partial charge in [0.1, 0.15) is 11.9 Å². The van der Waals surface area contributed by atoms with Crippen molar-refractivity contribution in [3.63, 3.8) is 0 Å². The third kappa shape index (κ3) is 2.93. The van der Waals surface area contributed by atoms with E-state index >= 15 is 0 Å². The van der Waals surface area contributed by atoms with Crippen molar-refractivity contribution in [1.82, 2.24) is 0 Å². The van der Waals surface area contributed by atoms with Gasteiger partial charge in [-0.2, -0.15) is 0 Å². The molecule has 0 aliphatic heterocycles. The Balaban J connectivity index is 2.09. The molecule has 1 aromatic carbocycles. The molecule has 1 aromatic rings. The Hall–Kier alpha value is -1.31. The van der Waals surface area contributed by atoms with Crippen LogP contribution in [0.3, 0.4) is 0 Å². The SMILES string of the molecule is O=C(C1=C(Br)CC(O)C(O)=C1)c1cc(O)c(O)c(C2CC2)c1Br. The molecule has 0 spiro atoms. The number of aliphatic hydroxyl groups is 2. The van der Waals surface area contributed by atoms with E-state index in [1.165, 1.54) is 12.1 Å². The number of halogens is 2. The van der Waals surface area contributed by atoms with Gasteiger partial charge in [-0.05, 0) is 46.8 Å². The van der Waals surface area contributed by atoms with E-state index in [0.29, 0.717) is 14.5 Å². The van der Waals surface area contributed by atoms with Crippen LogP contribution in [0.5, 0.6) is 11.5 Å². The lowest BCUT2D eigenvalue weighted by atomic mass is 9.94. The van der Waals surface area contributed by atoms with E-state index in [9.17, 15) is 25.2 Å². The molecular formula is C16H14Br2O5. The number of rotatable bonds is 3. The minimum absolute atomic E-state index is 0.0978. The summed E-state index contributed by atoms with van der Waals surface area (Å²) < 4.78 is 0.923. The van der Waals surface area contributed by atoms with E-state index in [0.717, 1.165) is 12.8 Å². The molecule has 7 heteroatoms. The molecule has 0 amide bonds. The van der Waals surface area contributed by atoms with Gasteiger partial charge in [-0.3, -0.25) is 4.79 Å². The third-order valence-electron chi connectivity index (χ3n) is 4.03. The first-order chi connectivity index (χ1) is 10.8. The second kappa shape index (κ2) is 5.96. The molecule has 23 heavy (non-hydrogen) atoms. The van der Waals surface area contributed by atoms with Gasteiger partial charge >= 0.3 is 0 Å². The van der Waals surface area contributed by atoms with Gasteiger partial charge in [0.25, 0.3) is 0 Å². The van der Waals surface area contributed by atoms with Crippen LogP contribution in [0.25, 0.3) is 0 Å². The third-order valence-corrected chi connectivity index (χ3v) is 5.63. The van der Waals surface area contributed by atoms with Crippen LogP contribution in [0, 0.1) is 0 Å². The zero-order valence-corrected chi connectivity index (χ0v) is 15.1. The van der Waals surface area contributed by atoms with Gasteiger partial charge in [0.2, 0.25) is 0 Å². The summed E-state index contributed by atoms with van der Waals surface area (Å²) in [7, 11) is 0. The highest BCUT2D eigenvalue weighted by Gasteiger charge is 2.33. The number of phenolic OH excluding ortho intramolecular Hbond substituents is 2. The Morgan fingerprint density at radius 1 is 1.17 bits per heavy atom. The zero-order chi connectivity index (χ0) is 16.9. The van der Waals surface area contributed by atoms with Crippen molar-refractivity contribution in [2.45, 2.75) is 31.3 Å². The molecule has 0 aromatic heterocycles. The summed E-state index contributed by atoms with van der Waals surface area (Å²) >= 11 is 6.61. The van der Waals surface area contributed by atoms with Crippen LogP contribution in [0.4, 0.5) is 0 Å². The van der Waals surface area contributed by atoms with E-state index in [2.05, 4.69) is 31.9 Å². The lowest BCUT2D eigenvalue weighted by Crippen LogP contribution is -2.18. The topological polar surface area (TPSA) is 98.0 Å². The van der Waals surface area contributed by atoms with Gasteiger partial charge in [-0.25, -0.2) is 0 Å². The second-order valence-electron chi connectivity index (χ2n) is 5.73. The maximum absolute atomic E-state index is 12.8. The monoisotopic (exact) mass is 444 g/mol. The maximum Gasteiger partial charge on any atom is 0.195 e. The molecule has 0 heterocycles. The average Bonchev–Trinajstić information content (AvgIpc) is 3.31. The number of ketones is 1. The summed E-state index contributed by atoms with van der Waals surface area (Å²) in [6.45, 7) is 0. The number of benzene rings is 1. The van der Waals surface area contributed by atoms with Crippen LogP contribution in [0.1, 0.15) is 41.1 Å². The lowest BCUT2D eigenvalue weighted by Gasteiger charge is -2.19. The number of allylic oxidation sites excluding steroid dienone is 2. The number of carbonyl (C=O) groups excluding carboxylic acids is 1. The zero-order valence-electron chi connectivity index (χ0n) is 11.9. The van der Waals surface area contributed by atoms with Crippen LogP contribution in [0.15, 0.2) is 32.4 Å². The van der Waals surface area contributed by atoms with Crippen LogP contribution >= 0.6 is 31.9 Å². The van der Waals surface area contributed by atoms with Gasteiger partial charge in [0.05, 0.1) is 0 Å². The van der Waals surface area contributed by atoms with E-state index in [1.54, 1.807) is 0 Å². The number of hydrogen-bond acceptors (Lipinski definition) is 5. The Morgan fingerprint density at radius 2 is 1.83 bits per heavy atom. The van der Waals surface area contributed by atoms with E-state index < -0.39 is 11.9 Å². The summed E-state index contributed by atoms with van der Waals surface area (Å²) in [6.07, 6.45) is 2.05. The Kier molecular flexibility index (Phi) is 4.29. The molecule has 0 radical (unpaired) electrons. The molecule has 4 N–H and O–H groups in total. The summed E-state index contributed by atoms with van der Waals surface area (Å²) in [6, 6.07) is 1.21. The standard InChI is InChI=1S/C16H14Br2O5/c17-9-5-11(20)10(19)3-7(9)15(22)8-4-12(21)16(23)13(14(8)18)6-1-2-6/h3-4,6,11,19-21,23H,1-2,5H2. The molecule has 1 saturated carbocycles. The highest BCUT2D eigenvalue weighted by molar-refractivity contribution is 9.11. The minimum atomic E-state index is -1.04. The lowest BCUT2D eigenvalue weighted by molar-refractivity contribution is 0.103. The maximum atomic E-state index is 12.8. The van der Waals surface area contributed by atoms with Crippen molar-refractivity contribution in [2.75, 3.05) is 0 Å².